The first-order valence-electron chi connectivity index (χ1n) is 8.88. The van der Waals surface area contributed by atoms with Gasteiger partial charge in [0.1, 0.15) is 0 Å². The molecule has 132 valence electrons. The van der Waals surface area contributed by atoms with Crippen molar-refractivity contribution >= 4 is 23.2 Å². The lowest BCUT2D eigenvalue weighted by molar-refractivity contribution is -0.133. The smallest absolute Gasteiger partial charge is 0.261 e. The quantitative estimate of drug-likeness (QED) is 0.769. The number of likely N-dealkylation sites (tertiary alicyclic amines) is 1. The standard InChI is InChI=1S/C18H27N3O2S/c1-20(2)18(23)15-5-3-10-21(15)11-4-9-19-17(22)16-14(8-12-24-16)13-6-7-13/h8,12-13,15H,3-7,9-11H2,1-2H3,(H,19,22)/t15-/m1/s1. The molecule has 1 saturated carbocycles. The molecule has 0 radical (unpaired) electrons. The molecule has 0 spiro atoms. The average Bonchev–Trinajstić information content (AvgIpc) is 3.11. The molecule has 0 bridgehead atoms. The summed E-state index contributed by atoms with van der Waals surface area (Å²) in [5.74, 6) is 0.873. The van der Waals surface area contributed by atoms with E-state index >= 15 is 0 Å². The van der Waals surface area contributed by atoms with Crippen LogP contribution in [0, 0.1) is 0 Å². The van der Waals surface area contributed by atoms with Crippen LogP contribution in [0.3, 0.4) is 0 Å². The van der Waals surface area contributed by atoms with E-state index < -0.39 is 0 Å². The average molecular weight is 350 g/mol. The Kier molecular flexibility index (Phi) is 5.56. The molecule has 6 heteroatoms. The number of nitrogens with zero attached hydrogens (tertiary/aromatic N) is 2. The maximum atomic E-state index is 12.3. The summed E-state index contributed by atoms with van der Waals surface area (Å²) in [6, 6.07) is 2.12. The Bertz CT molecular complexity index is 595. The van der Waals surface area contributed by atoms with E-state index in [0.29, 0.717) is 12.5 Å². The van der Waals surface area contributed by atoms with Crippen LogP contribution in [0.4, 0.5) is 0 Å². The second-order valence-electron chi connectivity index (χ2n) is 7.02. The lowest BCUT2D eigenvalue weighted by atomic mass is 10.1. The van der Waals surface area contributed by atoms with Crippen molar-refractivity contribution in [3.05, 3.63) is 21.9 Å². The van der Waals surface area contributed by atoms with Gasteiger partial charge in [0.05, 0.1) is 10.9 Å². The molecule has 3 rings (SSSR count). The molecule has 2 fully saturated rings. The van der Waals surface area contributed by atoms with Gasteiger partial charge in [-0.2, -0.15) is 0 Å². The highest BCUT2D eigenvalue weighted by Crippen LogP contribution is 2.43. The Morgan fingerprint density at radius 2 is 2.12 bits per heavy atom. The van der Waals surface area contributed by atoms with Gasteiger partial charge in [-0.1, -0.05) is 0 Å². The van der Waals surface area contributed by atoms with Crippen LogP contribution >= 0.6 is 11.3 Å². The minimum absolute atomic E-state index is 0.0227. The van der Waals surface area contributed by atoms with Crippen LogP contribution in [0.15, 0.2) is 11.4 Å². The number of carbonyl (C=O) groups excluding carboxylic acids is 2. The summed E-state index contributed by atoms with van der Waals surface area (Å²) in [4.78, 5) is 29.3. The second-order valence-corrected chi connectivity index (χ2v) is 7.93. The Hall–Kier alpha value is -1.40. The van der Waals surface area contributed by atoms with Gasteiger partial charge in [0.2, 0.25) is 5.91 Å². The molecule has 2 heterocycles. The largest absolute Gasteiger partial charge is 0.351 e. The van der Waals surface area contributed by atoms with Gasteiger partial charge in [-0.3, -0.25) is 14.5 Å². The van der Waals surface area contributed by atoms with Crippen LogP contribution in [0.5, 0.6) is 0 Å². The lowest BCUT2D eigenvalue weighted by Gasteiger charge is -2.26. The molecular weight excluding hydrogens is 322 g/mol. The highest BCUT2D eigenvalue weighted by molar-refractivity contribution is 7.12. The number of rotatable bonds is 7. The van der Waals surface area contributed by atoms with Gasteiger partial charge in [-0.05, 0) is 61.6 Å². The van der Waals surface area contributed by atoms with Gasteiger partial charge in [0.15, 0.2) is 0 Å². The van der Waals surface area contributed by atoms with Crippen LogP contribution in [0.1, 0.15) is 53.3 Å². The molecule has 1 aliphatic carbocycles. The summed E-state index contributed by atoms with van der Waals surface area (Å²) in [6.45, 7) is 2.51. The first-order valence-corrected chi connectivity index (χ1v) is 9.76. The van der Waals surface area contributed by atoms with E-state index in [1.165, 1.54) is 18.4 Å². The van der Waals surface area contributed by atoms with Gasteiger partial charge in [-0.25, -0.2) is 0 Å². The van der Waals surface area contributed by atoms with Crippen LogP contribution in [0.2, 0.25) is 0 Å². The van der Waals surface area contributed by atoms with Crippen molar-refractivity contribution in [3.63, 3.8) is 0 Å². The lowest BCUT2D eigenvalue weighted by Crippen LogP contribution is -2.43. The van der Waals surface area contributed by atoms with E-state index in [4.69, 9.17) is 0 Å². The zero-order valence-corrected chi connectivity index (χ0v) is 15.4. The third-order valence-electron chi connectivity index (χ3n) is 4.92. The Morgan fingerprint density at radius 3 is 2.83 bits per heavy atom. The minimum atomic E-state index is 0.0227. The molecule has 1 saturated heterocycles. The number of amides is 2. The number of nitrogens with one attached hydrogen (secondary N) is 1. The molecular formula is C18H27N3O2S. The Balaban J connectivity index is 1.42. The highest BCUT2D eigenvalue weighted by atomic mass is 32.1. The third kappa shape index (κ3) is 3.98. The van der Waals surface area contributed by atoms with Crippen molar-refractivity contribution in [1.82, 2.24) is 15.1 Å². The monoisotopic (exact) mass is 349 g/mol. The van der Waals surface area contributed by atoms with Crippen LogP contribution in [0.25, 0.3) is 0 Å². The van der Waals surface area contributed by atoms with Crippen molar-refractivity contribution in [2.24, 2.45) is 0 Å². The molecule has 24 heavy (non-hydrogen) atoms. The van der Waals surface area contributed by atoms with Crippen molar-refractivity contribution in [2.45, 2.75) is 44.1 Å². The molecule has 1 atom stereocenters. The fourth-order valence-electron chi connectivity index (χ4n) is 3.46. The van der Waals surface area contributed by atoms with Gasteiger partial charge in [-0.15, -0.1) is 11.3 Å². The van der Waals surface area contributed by atoms with E-state index in [9.17, 15) is 9.59 Å². The summed E-state index contributed by atoms with van der Waals surface area (Å²) >= 11 is 1.54. The van der Waals surface area contributed by atoms with Gasteiger partial charge < -0.3 is 10.2 Å². The molecule has 1 aromatic heterocycles. The molecule has 0 aromatic carbocycles. The summed E-state index contributed by atoms with van der Waals surface area (Å²) in [7, 11) is 3.63. The second kappa shape index (κ2) is 7.66. The molecule has 5 nitrogen and oxygen atoms in total. The summed E-state index contributed by atoms with van der Waals surface area (Å²) in [6.07, 6.45) is 5.34. The number of carbonyl (C=O) groups is 2. The molecule has 0 unspecified atom stereocenters. The van der Waals surface area contributed by atoms with Crippen molar-refractivity contribution in [1.29, 1.82) is 0 Å². The van der Waals surface area contributed by atoms with E-state index in [1.54, 1.807) is 16.2 Å². The van der Waals surface area contributed by atoms with E-state index in [2.05, 4.69) is 16.3 Å². The predicted molar refractivity (Wildman–Crippen MR) is 96.5 cm³/mol. The van der Waals surface area contributed by atoms with E-state index in [0.717, 1.165) is 37.2 Å². The van der Waals surface area contributed by atoms with Gasteiger partial charge >= 0.3 is 0 Å². The first kappa shape index (κ1) is 17.4. The summed E-state index contributed by atoms with van der Waals surface area (Å²) in [5.41, 5.74) is 1.23. The SMILES string of the molecule is CN(C)C(=O)[C@H]1CCCN1CCCNC(=O)c1sccc1C1CC1. The Labute approximate surface area is 148 Å². The minimum Gasteiger partial charge on any atom is -0.351 e. The highest BCUT2D eigenvalue weighted by Gasteiger charge is 2.31. The summed E-state index contributed by atoms with van der Waals surface area (Å²) < 4.78 is 0. The normalized spacial score (nSPS) is 21.0. The fraction of sp³-hybridized carbons (Fsp3) is 0.667. The zero-order valence-electron chi connectivity index (χ0n) is 14.6. The molecule has 1 N–H and O–H groups in total. The molecule has 2 aliphatic rings. The fourth-order valence-corrected chi connectivity index (χ4v) is 4.36. The Morgan fingerprint density at radius 1 is 1.33 bits per heavy atom. The molecule has 2 amide bonds. The topological polar surface area (TPSA) is 52.7 Å². The van der Waals surface area contributed by atoms with Crippen molar-refractivity contribution in [2.75, 3.05) is 33.7 Å². The first-order chi connectivity index (χ1) is 11.6. The van der Waals surface area contributed by atoms with Gasteiger partial charge in [0, 0.05) is 27.2 Å². The van der Waals surface area contributed by atoms with Crippen LogP contribution in [-0.4, -0.2) is 61.4 Å². The number of hydrogen-bond donors (Lipinski definition) is 1. The number of likely N-dealkylation sites (N-methyl/N-ethyl adjacent to an activating group) is 1. The van der Waals surface area contributed by atoms with Crippen molar-refractivity contribution < 1.29 is 9.59 Å². The predicted octanol–water partition coefficient (Wildman–Crippen LogP) is 2.30. The molecule has 1 aliphatic heterocycles. The van der Waals surface area contributed by atoms with E-state index in [-0.39, 0.29) is 17.9 Å². The number of thiophene rings is 1. The van der Waals surface area contributed by atoms with Gasteiger partial charge in [0.25, 0.3) is 5.91 Å². The third-order valence-corrected chi connectivity index (χ3v) is 5.85. The van der Waals surface area contributed by atoms with Crippen molar-refractivity contribution in [3.8, 4) is 0 Å². The molecule has 1 aromatic rings. The number of hydrogen-bond acceptors (Lipinski definition) is 4. The van der Waals surface area contributed by atoms with E-state index in [1.807, 2.05) is 19.5 Å². The maximum absolute atomic E-state index is 12.3. The maximum Gasteiger partial charge on any atom is 0.261 e. The summed E-state index contributed by atoms with van der Waals surface area (Å²) in [5, 5.41) is 5.07. The van der Waals surface area contributed by atoms with Crippen LogP contribution in [-0.2, 0) is 4.79 Å². The van der Waals surface area contributed by atoms with Crippen LogP contribution < -0.4 is 5.32 Å². The zero-order chi connectivity index (χ0) is 17.1.